The molecule has 0 spiro atoms. The van der Waals surface area contributed by atoms with Gasteiger partial charge in [0.15, 0.2) is 0 Å². The summed E-state index contributed by atoms with van der Waals surface area (Å²) in [6, 6.07) is 1.76. The fourth-order valence-corrected chi connectivity index (χ4v) is 6.73. The summed E-state index contributed by atoms with van der Waals surface area (Å²) >= 11 is 3.30. The molecule has 0 aromatic carbocycles. The van der Waals surface area contributed by atoms with Gasteiger partial charge in [-0.3, -0.25) is 0 Å². The number of hydrogen-bond acceptors (Lipinski definition) is 5. The Morgan fingerprint density at radius 1 is 1.47 bits per heavy atom. The highest BCUT2D eigenvalue weighted by Crippen LogP contribution is 2.33. The molecule has 1 aromatic rings. The molecule has 2 rings (SSSR count). The molecule has 0 aliphatic carbocycles. The first-order chi connectivity index (χ1) is 8.87. The number of thioether (sulfide) groups is 1. The number of rotatable bonds is 3. The summed E-state index contributed by atoms with van der Waals surface area (Å²) in [5.74, 6) is 0.859. The van der Waals surface area contributed by atoms with E-state index in [0.29, 0.717) is 23.2 Å². The maximum atomic E-state index is 12.8. The van der Waals surface area contributed by atoms with Crippen LogP contribution in [-0.4, -0.2) is 36.3 Å². The molecule has 0 saturated carbocycles. The Balaban J connectivity index is 2.38. The molecule has 2 heterocycles. The van der Waals surface area contributed by atoms with Crippen molar-refractivity contribution in [2.24, 2.45) is 5.73 Å². The lowest BCUT2D eigenvalue weighted by Crippen LogP contribution is -2.47. The Bertz CT molecular complexity index is 553. The van der Waals surface area contributed by atoms with Crippen LogP contribution in [0.4, 0.5) is 0 Å². The van der Waals surface area contributed by atoms with Crippen molar-refractivity contribution in [1.82, 2.24) is 4.31 Å². The van der Waals surface area contributed by atoms with E-state index < -0.39 is 10.0 Å². The van der Waals surface area contributed by atoms with E-state index in [1.807, 2.05) is 25.6 Å². The fourth-order valence-electron chi connectivity index (χ4n) is 2.25. The van der Waals surface area contributed by atoms with Crippen molar-refractivity contribution in [3.8, 4) is 0 Å². The number of aryl methyl sites for hydroxylation is 1. The summed E-state index contributed by atoms with van der Waals surface area (Å²) in [6.45, 7) is 6.90. The van der Waals surface area contributed by atoms with Crippen molar-refractivity contribution < 1.29 is 8.42 Å². The number of nitrogens with two attached hydrogens (primary N) is 1. The van der Waals surface area contributed by atoms with Gasteiger partial charge < -0.3 is 5.73 Å². The van der Waals surface area contributed by atoms with Crippen LogP contribution < -0.4 is 5.73 Å². The minimum absolute atomic E-state index is 0.0318. The monoisotopic (exact) mass is 320 g/mol. The van der Waals surface area contributed by atoms with Gasteiger partial charge in [-0.05, 0) is 19.9 Å². The average molecular weight is 321 g/mol. The molecular formula is C12H20N2O2S3. The summed E-state index contributed by atoms with van der Waals surface area (Å²) < 4.78 is 27.2. The second kappa shape index (κ2) is 5.73. The average Bonchev–Trinajstić information content (AvgIpc) is 2.74. The third kappa shape index (κ3) is 2.85. The normalized spacial score (nSPS) is 25.7. The number of hydrogen-bond donors (Lipinski definition) is 1. The third-order valence-corrected chi connectivity index (χ3v) is 8.19. The van der Waals surface area contributed by atoms with E-state index in [9.17, 15) is 8.42 Å². The molecule has 108 valence electrons. The van der Waals surface area contributed by atoms with E-state index in [1.54, 1.807) is 10.4 Å². The van der Waals surface area contributed by atoms with Crippen LogP contribution in [0.15, 0.2) is 11.0 Å². The molecule has 1 fully saturated rings. The van der Waals surface area contributed by atoms with E-state index in [0.717, 1.165) is 15.5 Å². The molecule has 4 nitrogen and oxygen atoms in total. The highest BCUT2D eigenvalue weighted by molar-refractivity contribution is 8.00. The smallest absolute Gasteiger partial charge is 0.244 e. The van der Waals surface area contributed by atoms with E-state index in [2.05, 4.69) is 6.92 Å². The van der Waals surface area contributed by atoms with Gasteiger partial charge in [0.1, 0.15) is 0 Å². The van der Waals surface area contributed by atoms with Crippen molar-refractivity contribution in [3.63, 3.8) is 0 Å². The van der Waals surface area contributed by atoms with E-state index >= 15 is 0 Å². The molecule has 1 aliphatic heterocycles. The molecule has 1 saturated heterocycles. The van der Waals surface area contributed by atoms with Crippen LogP contribution in [0.5, 0.6) is 0 Å². The Kier molecular flexibility index (Phi) is 4.62. The predicted molar refractivity (Wildman–Crippen MR) is 82.2 cm³/mol. The molecule has 2 unspecified atom stereocenters. The highest BCUT2D eigenvalue weighted by Gasteiger charge is 2.36. The lowest BCUT2D eigenvalue weighted by Gasteiger charge is -2.36. The van der Waals surface area contributed by atoms with Gasteiger partial charge in [-0.25, -0.2) is 8.42 Å². The molecule has 0 amide bonds. The van der Waals surface area contributed by atoms with Crippen molar-refractivity contribution in [2.45, 2.75) is 43.5 Å². The van der Waals surface area contributed by atoms with Gasteiger partial charge in [0.05, 0.1) is 4.90 Å². The van der Waals surface area contributed by atoms with Crippen molar-refractivity contribution >= 4 is 33.1 Å². The standard InChI is InChI=1S/C12H20N2O2S3/c1-8-9(2)17-5-4-14(8)19(15,16)12-6-11(7-13)18-10(12)3/h6,8-9H,4-5,7,13H2,1-3H3. The second-order valence-corrected chi connectivity index (χ2v) is 9.45. The van der Waals surface area contributed by atoms with Crippen LogP contribution >= 0.6 is 23.1 Å². The van der Waals surface area contributed by atoms with E-state index in [4.69, 9.17) is 5.73 Å². The Morgan fingerprint density at radius 3 is 2.74 bits per heavy atom. The van der Waals surface area contributed by atoms with Crippen LogP contribution in [-0.2, 0) is 16.6 Å². The van der Waals surface area contributed by atoms with Gasteiger partial charge >= 0.3 is 0 Å². The van der Waals surface area contributed by atoms with Crippen molar-refractivity contribution in [2.75, 3.05) is 12.3 Å². The molecule has 1 aliphatic rings. The Hall–Kier alpha value is -0.0800. The van der Waals surface area contributed by atoms with Crippen LogP contribution in [0.25, 0.3) is 0 Å². The predicted octanol–water partition coefficient (Wildman–Crippen LogP) is 2.03. The number of thiophene rings is 1. The summed E-state index contributed by atoms with van der Waals surface area (Å²) in [4.78, 5) is 2.19. The van der Waals surface area contributed by atoms with Crippen LogP contribution in [0.3, 0.4) is 0 Å². The topological polar surface area (TPSA) is 63.4 Å². The third-order valence-electron chi connectivity index (χ3n) is 3.54. The Morgan fingerprint density at radius 2 is 2.16 bits per heavy atom. The summed E-state index contributed by atoms with van der Waals surface area (Å²) in [6.07, 6.45) is 0. The van der Waals surface area contributed by atoms with Crippen LogP contribution in [0.2, 0.25) is 0 Å². The van der Waals surface area contributed by atoms with Crippen molar-refractivity contribution in [1.29, 1.82) is 0 Å². The fraction of sp³-hybridized carbons (Fsp3) is 0.667. The summed E-state index contributed by atoms with van der Waals surface area (Å²) in [7, 11) is -3.39. The quantitative estimate of drug-likeness (QED) is 0.925. The van der Waals surface area contributed by atoms with E-state index in [-0.39, 0.29) is 6.04 Å². The maximum Gasteiger partial charge on any atom is 0.244 e. The molecule has 0 bridgehead atoms. The van der Waals surface area contributed by atoms with E-state index in [1.165, 1.54) is 11.3 Å². The SMILES string of the molecule is Cc1sc(CN)cc1S(=O)(=O)N1CCSC(C)C1C. The van der Waals surface area contributed by atoms with Gasteiger partial charge in [0.2, 0.25) is 10.0 Å². The first-order valence-electron chi connectivity index (χ1n) is 6.30. The van der Waals surface area contributed by atoms with Gasteiger partial charge in [-0.15, -0.1) is 11.3 Å². The molecule has 7 heteroatoms. The van der Waals surface area contributed by atoms with Gasteiger partial charge in [-0.2, -0.15) is 16.1 Å². The first kappa shape index (κ1) is 15.3. The zero-order valence-corrected chi connectivity index (χ0v) is 13.9. The molecule has 0 radical (unpaired) electrons. The zero-order chi connectivity index (χ0) is 14.2. The lowest BCUT2D eigenvalue weighted by molar-refractivity contribution is 0.340. The molecule has 19 heavy (non-hydrogen) atoms. The summed E-state index contributed by atoms with van der Waals surface area (Å²) in [5.41, 5.74) is 5.60. The molecular weight excluding hydrogens is 300 g/mol. The first-order valence-corrected chi connectivity index (χ1v) is 9.61. The minimum Gasteiger partial charge on any atom is -0.326 e. The highest BCUT2D eigenvalue weighted by atomic mass is 32.2. The summed E-state index contributed by atoms with van der Waals surface area (Å²) in [5, 5.41) is 0.330. The number of sulfonamides is 1. The largest absolute Gasteiger partial charge is 0.326 e. The Labute approximate surface area is 123 Å². The molecule has 2 atom stereocenters. The lowest BCUT2D eigenvalue weighted by atomic mass is 10.2. The van der Waals surface area contributed by atoms with Crippen LogP contribution in [0.1, 0.15) is 23.6 Å². The van der Waals surface area contributed by atoms with Gasteiger partial charge in [0.25, 0.3) is 0 Å². The molecule has 1 aromatic heterocycles. The van der Waals surface area contributed by atoms with Crippen molar-refractivity contribution in [3.05, 3.63) is 15.8 Å². The minimum atomic E-state index is -3.39. The molecule has 2 N–H and O–H groups in total. The van der Waals surface area contributed by atoms with Gasteiger partial charge in [-0.1, -0.05) is 6.92 Å². The van der Waals surface area contributed by atoms with Gasteiger partial charge in [0, 0.05) is 39.9 Å². The van der Waals surface area contributed by atoms with Crippen LogP contribution in [0, 0.1) is 6.92 Å². The number of nitrogens with zero attached hydrogens (tertiary/aromatic N) is 1. The maximum absolute atomic E-state index is 12.8. The second-order valence-electron chi connectivity index (χ2n) is 4.77. The zero-order valence-electron chi connectivity index (χ0n) is 11.4.